The highest BCUT2D eigenvalue weighted by Gasteiger charge is 2.29. The first-order valence-corrected chi connectivity index (χ1v) is 8.03. The van der Waals surface area contributed by atoms with Gasteiger partial charge in [0.2, 0.25) is 0 Å². The summed E-state index contributed by atoms with van der Waals surface area (Å²) >= 11 is 7.57. The van der Waals surface area contributed by atoms with Crippen LogP contribution in [0.5, 0.6) is 0 Å². The van der Waals surface area contributed by atoms with Gasteiger partial charge < -0.3 is 15.2 Å². The molecule has 1 unspecified atom stereocenters. The van der Waals surface area contributed by atoms with Gasteiger partial charge in [0, 0.05) is 31.2 Å². The number of halogens is 1. The summed E-state index contributed by atoms with van der Waals surface area (Å²) in [4.78, 5) is 12.5. The first-order valence-electron chi connectivity index (χ1n) is 6.84. The van der Waals surface area contributed by atoms with Crippen LogP contribution in [0.15, 0.2) is 6.07 Å². The minimum absolute atomic E-state index is 0.211. The average molecular weight is 318 g/mol. The van der Waals surface area contributed by atoms with Crippen LogP contribution in [0.1, 0.15) is 23.3 Å². The highest BCUT2D eigenvalue weighted by Crippen LogP contribution is 2.27. The third kappa shape index (κ3) is 4.19. The lowest BCUT2D eigenvalue weighted by Crippen LogP contribution is -2.36. The molecule has 112 valence electrons. The Balaban J connectivity index is 1.84. The third-order valence-corrected chi connectivity index (χ3v) is 5.28. The normalized spacial score (nSPS) is 18.1. The molecule has 4 nitrogen and oxygen atoms in total. The summed E-state index contributed by atoms with van der Waals surface area (Å²) in [6, 6.07) is 2.05. The maximum absolute atomic E-state index is 11.4. The summed E-state index contributed by atoms with van der Waals surface area (Å²) in [6.07, 6.45) is 1.67. The van der Waals surface area contributed by atoms with Gasteiger partial charge in [-0.15, -0.1) is 11.3 Å². The van der Waals surface area contributed by atoms with E-state index in [0.29, 0.717) is 26.3 Å². The second kappa shape index (κ2) is 7.41. The lowest BCUT2D eigenvalue weighted by atomic mass is 9.86. The third-order valence-electron chi connectivity index (χ3n) is 3.72. The van der Waals surface area contributed by atoms with Crippen LogP contribution < -0.4 is 5.32 Å². The average Bonchev–Trinajstić information content (AvgIpc) is 2.74. The molecule has 1 aliphatic heterocycles. The molecule has 0 amide bonds. The zero-order valence-electron chi connectivity index (χ0n) is 11.5. The van der Waals surface area contributed by atoms with Gasteiger partial charge in [-0.1, -0.05) is 11.6 Å². The van der Waals surface area contributed by atoms with Crippen molar-refractivity contribution in [1.29, 1.82) is 0 Å². The number of hydrogen-bond acceptors (Lipinski definition) is 4. The van der Waals surface area contributed by atoms with E-state index >= 15 is 0 Å². The van der Waals surface area contributed by atoms with E-state index in [1.165, 1.54) is 0 Å². The Bertz CT molecular complexity index is 438. The van der Waals surface area contributed by atoms with Crippen LogP contribution in [-0.4, -0.2) is 30.8 Å². The fourth-order valence-corrected chi connectivity index (χ4v) is 3.75. The van der Waals surface area contributed by atoms with E-state index in [2.05, 4.69) is 5.32 Å². The summed E-state index contributed by atoms with van der Waals surface area (Å²) < 4.78 is 6.10. The van der Waals surface area contributed by atoms with Gasteiger partial charge >= 0.3 is 5.97 Å². The molecule has 0 radical (unpaired) electrons. The lowest BCUT2D eigenvalue weighted by Gasteiger charge is -2.27. The zero-order valence-corrected chi connectivity index (χ0v) is 13.1. The topological polar surface area (TPSA) is 58.6 Å². The summed E-state index contributed by atoms with van der Waals surface area (Å²) in [5.74, 6) is -0.845. The predicted molar refractivity (Wildman–Crippen MR) is 80.4 cm³/mol. The zero-order chi connectivity index (χ0) is 14.5. The molecule has 2 N–H and O–H groups in total. The molecule has 20 heavy (non-hydrogen) atoms. The molecule has 1 saturated heterocycles. The van der Waals surface area contributed by atoms with E-state index in [1.807, 2.05) is 13.0 Å². The van der Waals surface area contributed by atoms with Crippen molar-refractivity contribution in [2.45, 2.75) is 26.3 Å². The fraction of sp³-hybridized carbons (Fsp3) is 0.643. The van der Waals surface area contributed by atoms with Crippen LogP contribution in [0.3, 0.4) is 0 Å². The van der Waals surface area contributed by atoms with Crippen molar-refractivity contribution in [3.63, 3.8) is 0 Å². The van der Waals surface area contributed by atoms with Crippen molar-refractivity contribution < 1.29 is 14.6 Å². The van der Waals surface area contributed by atoms with Crippen LogP contribution in [0.4, 0.5) is 0 Å². The first kappa shape index (κ1) is 15.8. The van der Waals surface area contributed by atoms with E-state index in [4.69, 9.17) is 16.3 Å². The molecule has 2 rings (SSSR count). The van der Waals surface area contributed by atoms with E-state index < -0.39 is 5.97 Å². The van der Waals surface area contributed by atoms with Crippen molar-refractivity contribution in [3.8, 4) is 0 Å². The van der Waals surface area contributed by atoms with Gasteiger partial charge in [-0.05, 0) is 37.3 Å². The molecule has 0 aromatic carbocycles. The Morgan fingerprint density at radius 1 is 1.60 bits per heavy atom. The molecule has 0 saturated carbocycles. The van der Waals surface area contributed by atoms with E-state index in [1.54, 1.807) is 11.3 Å². The number of carboxylic acids is 1. The van der Waals surface area contributed by atoms with Gasteiger partial charge in [-0.2, -0.15) is 0 Å². The Labute approximate surface area is 128 Å². The number of nitrogens with one attached hydrogen (secondary N) is 1. The molecule has 2 heterocycles. The molecule has 0 spiro atoms. The molecule has 1 aromatic heterocycles. The minimum atomic E-state index is -0.718. The molecule has 1 aliphatic rings. The minimum Gasteiger partial charge on any atom is -0.481 e. The maximum atomic E-state index is 11.4. The van der Waals surface area contributed by atoms with Gasteiger partial charge in [-0.3, -0.25) is 4.79 Å². The SMILES string of the molecule is Cc1cc(CNCC(C(=O)O)C2CCOCC2)sc1Cl. The monoisotopic (exact) mass is 317 g/mol. The van der Waals surface area contributed by atoms with Crippen LogP contribution in [0.2, 0.25) is 4.34 Å². The highest BCUT2D eigenvalue weighted by molar-refractivity contribution is 7.16. The van der Waals surface area contributed by atoms with Crippen LogP contribution in [0.25, 0.3) is 0 Å². The van der Waals surface area contributed by atoms with Gasteiger partial charge in [0.25, 0.3) is 0 Å². The Kier molecular flexibility index (Phi) is 5.84. The van der Waals surface area contributed by atoms with Crippen LogP contribution >= 0.6 is 22.9 Å². The van der Waals surface area contributed by atoms with Crippen LogP contribution in [-0.2, 0) is 16.1 Å². The molecule has 0 aliphatic carbocycles. The standard InChI is InChI=1S/C14H20ClNO3S/c1-9-6-11(20-13(9)15)7-16-8-12(14(17)18)10-2-4-19-5-3-10/h6,10,12,16H,2-5,7-8H2,1H3,(H,17,18). The summed E-state index contributed by atoms with van der Waals surface area (Å²) in [6.45, 7) is 4.49. The van der Waals surface area contributed by atoms with Gasteiger partial charge in [0.15, 0.2) is 0 Å². The largest absolute Gasteiger partial charge is 0.481 e. The number of hydrogen-bond donors (Lipinski definition) is 2. The highest BCUT2D eigenvalue weighted by atomic mass is 35.5. The first-order chi connectivity index (χ1) is 9.58. The number of carboxylic acid groups (broad SMARTS) is 1. The summed E-state index contributed by atoms with van der Waals surface area (Å²) in [5, 5.41) is 12.6. The smallest absolute Gasteiger partial charge is 0.308 e. The summed E-state index contributed by atoms with van der Waals surface area (Å²) in [5.41, 5.74) is 1.08. The number of ether oxygens (including phenoxy) is 1. The molecule has 0 bridgehead atoms. The van der Waals surface area contributed by atoms with Gasteiger partial charge in [0.1, 0.15) is 0 Å². The molecule has 1 aromatic rings. The van der Waals surface area contributed by atoms with E-state index in [0.717, 1.165) is 27.6 Å². The number of thiophene rings is 1. The molecule has 1 atom stereocenters. The Morgan fingerprint density at radius 3 is 2.85 bits per heavy atom. The Hall–Kier alpha value is -0.620. The van der Waals surface area contributed by atoms with Crippen molar-refractivity contribution in [2.75, 3.05) is 19.8 Å². The van der Waals surface area contributed by atoms with Crippen molar-refractivity contribution in [2.24, 2.45) is 11.8 Å². The number of aryl methyl sites for hydroxylation is 1. The van der Waals surface area contributed by atoms with E-state index in [9.17, 15) is 9.90 Å². The number of rotatable bonds is 6. The fourth-order valence-electron chi connectivity index (χ4n) is 2.54. The van der Waals surface area contributed by atoms with Gasteiger partial charge in [0.05, 0.1) is 10.3 Å². The quantitative estimate of drug-likeness (QED) is 0.847. The number of carbonyl (C=O) groups is 1. The predicted octanol–water partition coefficient (Wildman–Crippen LogP) is 2.93. The Morgan fingerprint density at radius 2 is 2.30 bits per heavy atom. The van der Waals surface area contributed by atoms with Crippen LogP contribution in [0, 0.1) is 18.8 Å². The van der Waals surface area contributed by atoms with Crippen molar-refractivity contribution in [3.05, 3.63) is 20.8 Å². The number of aliphatic carboxylic acids is 1. The van der Waals surface area contributed by atoms with Crippen molar-refractivity contribution in [1.82, 2.24) is 5.32 Å². The molecule has 6 heteroatoms. The van der Waals surface area contributed by atoms with Gasteiger partial charge in [-0.25, -0.2) is 0 Å². The lowest BCUT2D eigenvalue weighted by molar-refractivity contribution is -0.144. The molecular weight excluding hydrogens is 298 g/mol. The second-order valence-electron chi connectivity index (χ2n) is 5.19. The molecule has 1 fully saturated rings. The molecular formula is C14H20ClNO3S. The van der Waals surface area contributed by atoms with Crippen molar-refractivity contribution >= 4 is 28.9 Å². The summed E-state index contributed by atoms with van der Waals surface area (Å²) in [7, 11) is 0. The second-order valence-corrected chi connectivity index (χ2v) is 6.93. The maximum Gasteiger partial charge on any atom is 0.308 e. The van der Waals surface area contributed by atoms with E-state index in [-0.39, 0.29) is 11.8 Å².